The molecule has 124 valence electrons. The molecule has 2 rings (SSSR count). The minimum atomic E-state index is 0.714. The molecule has 3 heteroatoms. The number of ether oxygens (including phenoxy) is 1. The van der Waals surface area contributed by atoms with Gasteiger partial charge in [-0.2, -0.15) is 0 Å². The third-order valence-electron chi connectivity index (χ3n) is 5.65. The summed E-state index contributed by atoms with van der Waals surface area (Å²) in [4.78, 5) is 2.63. The van der Waals surface area contributed by atoms with Crippen LogP contribution in [0.15, 0.2) is 0 Å². The molecular formula is C18H36N2O. The Hall–Kier alpha value is -0.120. The summed E-state index contributed by atoms with van der Waals surface area (Å²) in [5.41, 5.74) is 0. The van der Waals surface area contributed by atoms with Crippen molar-refractivity contribution in [1.82, 2.24) is 10.2 Å². The summed E-state index contributed by atoms with van der Waals surface area (Å²) in [6.07, 6.45) is 6.41. The molecular weight excluding hydrogens is 260 g/mol. The van der Waals surface area contributed by atoms with Crippen LogP contribution in [0.5, 0.6) is 0 Å². The van der Waals surface area contributed by atoms with E-state index in [0.29, 0.717) is 6.04 Å². The summed E-state index contributed by atoms with van der Waals surface area (Å²) >= 11 is 0. The van der Waals surface area contributed by atoms with Gasteiger partial charge >= 0.3 is 0 Å². The fourth-order valence-corrected chi connectivity index (χ4v) is 4.39. The number of nitrogens with zero attached hydrogens (tertiary/aromatic N) is 1. The maximum absolute atomic E-state index is 5.51. The molecule has 0 aromatic rings. The molecule has 1 aliphatic heterocycles. The van der Waals surface area contributed by atoms with Crippen molar-refractivity contribution in [2.75, 3.05) is 33.4 Å². The highest BCUT2D eigenvalue weighted by atomic mass is 16.5. The molecule has 3 nitrogen and oxygen atoms in total. The first-order chi connectivity index (χ1) is 10.1. The normalized spacial score (nSPS) is 35.3. The second kappa shape index (κ2) is 8.50. The molecule has 1 heterocycles. The van der Waals surface area contributed by atoms with Crippen molar-refractivity contribution in [3.8, 4) is 0 Å². The second-order valence-corrected chi connectivity index (χ2v) is 7.56. The van der Waals surface area contributed by atoms with Gasteiger partial charge in [0.2, 0.25) is 0 Å². The van der Waals surface area contributed by atoms with Crippen LogP contribution in [0.2, 0.25) is 0 Å². The molecule has 0 aromatic carbocycles. The van der Waals surface area contributed by atoms with Gasteiger partial charge in [0.05, 0.1) is 0 Å². The first-order valence-corrected chi connectivity index (χ1v) is 9.13. The number of hydrogen-bond donors (Lipinski definition) is 1. The van der Waals surface area contributed by atoms with Gasteiger partial charge in [-0.15, -0.1) is 0 Å². The van der Waals surface area contributed by atoms with Gasteiger partial charge in [0, 0.05) is 31.8 Å². The topological polar surface area (TPSA) is 24.5 Å². The van der Waals surface area contributed by atoms with E-state index < -0.39 is 0 Å². The van der Waals surface area contributed by atoms with Gasteiger partial charge in [-0.3, -0.25) is 0 Å². The third-order valence-corrected chi connectivity index (χ3v) is 5.65. The molecule has 1 saturated carbocycles. The van der Waals surface area contributed by atoms with Crippen LogP contribution in [0, 0.1) is 17.8 Å². The maximum atomic E-state index is 5.51. The van der Waals surface area contributed by atoms with Crippen molar-refractivity contribution in [3.63, 3.8) is 0 Å². The molecule has 1 N–H and O–H groups in total. The van der Waals surface area contributed by atoms with E-state index in [-0.39, 0.29) is 0 Å². The molecule has 0 amide bonds. The Morgan fingerprint density at radius 3 is 2.52 bits per heavy atom. The van der Waals surface area contributed by atoms with Gasteiger partial charge in [-0.1, -0.05) is 20.8 Å². The number of nitrogens with one attached hydrogen (secondary N) is 1. The van der Waals surface area contributed by atoms with Crippen LogP contribution in [-0.2, 0) is 4.74 Å². The summed E-state index contributed by atoms with van der Waals surface area (Å²) in [6.45, 7) is 11.5. The fourth-order valence-electron chi connectivity index (χ4n) is 4.39. The highest BCUT2D eigenvalue weighted by Crippen LogP contribution is 2.34. The Labute approximate surface area is 131 Å². The molecule has 4 unspecified atom stereocenters. The van der Waals surface area contributed by atoms with Gasteiger partial charge in [0.25, 0.3) is 0 Å². The van der Waals surface area contributed by atoms with E-state index in [1.807, 2.05) is 0 Å². The molecule has 4 atom stereocenters. The largest absolute Gasteiger partial charge is 0.381 e. The number of rotatable bonds is 6. The van der Waals surface area contributed by atoms with Crippen molar-refractivity contribution < 1.29 is 4.74 Å². The first kappa shape index (κ1) is 17.2. The Morgan fingerprint density at radius 1 is 1.14 bits per heavy atom. The number of hydrogen-bond acceptors (Lipinski definition) is 3. The lowest BCUT2D eigenvalue weighted by Crippen LogP contribution is -2.50. The quantitative estimate of drug-likeness (QED) is 0.815. The van der Waals surface area contributed by atoms with Gasteiger partial charge < -0.3 is 15.0 Å². The second-order valence-electron chi connectivity index (χ2n) is 7.56. The van der Waals surface area contributed by atoms with E-state index in [2.05, 4.69) is 38.0 Å². The molecule has 0 radical (unpaired) electrons. The molecule has 1 aliphatic carbocycles. The predicted octanol–water partition coefficient (Wildman–Crippen LogP) is 3.15. The van der Waals surface area contributed by atoms with Crippen LogP contribution < -0.4 is 5.32 Å². The molecule has 2 aliphatic rings. The van der Waals surface area contributed by atoms with Crippen molar-refractivity contribution in [3.05, 3.63) is 0 Å². The average molecular weight is 296 g/mol. The minimum Gasteiger partial charge on any atom is -0.381 e. The van der Waals surface area contributed by atoms with Gasteiger partial charge in [0.15, 0.2) is 0 Å². The van der Waals surface area contributed by atoms with Crippen molar-refractivity contribution in [2.24, 2.45) is 17.8 Å². The van der Waals surface area contributed by atoms with Crippen LogP contribution in [-0.4, -0.2) is 50.3 Å². The highest BCUT2D eigenvalue weighted by molar-refractivity contribution is 4.90. The van der Waals surface area contributed by atoms with Gasteiger partial charge in [-0.05, 0) is 63.5 Å². The zero-order valence-electron chi connectivity index (χ0n) is 14.6. The lowest BCUT2D eigenvalue weighted by atomic mass is 9.72. The minimum absolute atomic E-state index is 0.714. The van der Waals surface area contributed by atoms with E-state index in [0.717, 1.165) is 37.0 Å². The first-order valence-electron chi connectivity index (χ1n) is 9.13. The van der Waals surface area contributed by atoms with Crippen LogP contribution in [0.4, 0.5) is 0 Å². The molecule has 0 spiro atoms. The monoisotopic (exact) mass is 296 g/mol. The van der Waals surface area contributed by atoms with Gasteiger partial charge in [0.1, 0.15) is 0 Å². The summed E-state index contributed by atoms with van der Waals surface area (Å²) < 4.78 is 5.51. The lowest BCUT2D eigenvalue weighted by Gasteiger charge is -2.43. The van der Waals surface area contributed by atoms with E-state index in [1.54, 1.807) is 0 Å². The highest BCUT2D eigenvalue weighted by Gasteiger charge is 2.35. The van der Waals surface area contributed by atoms with Crippen LogP contribution in [0.25, 0.3) is 0 Å². The molecule has 0 bridgehead atoms. The third kappa shape index (κ3) is 4.94. The SMILES string of the molecule is CCCNC1CC(C)CC(C)C1CN(C)C1CCOCC1. The Bertz CT molecular complexity index is 291. The zero-order valence-corrected chi connectivity index (χ0v) is 14.6. The maximum Gasteiger partial charge on any atom is 0.0480 e. The zero-order chi connectivity index (χ0) is 15.2. The smallest absolute Gasteiger partial charge is 0.0480 e. The predicted molar refractivity (Wildman–Crippen MR) is 89.6 cm³/mol. The molecule has 1 saturated heterocycles. The van der Waals surface area contributed by atoms with E-state index in [4.69, 9.17) is 4.74 Å². The van der Waals surface area contributed by atoms with Crippen LogP contribution in [0.3, 0.4) is 0 Å². The lowest BCUT2D eigenvalue weighted by molar-refractivity contribution is 0.0248. The Balaban J connectivity index is 1.92. The Morgan fingerprint density at radius 2 is 1.86 bits per heavy atom. The van der Waals surface area contributed by atoms with Crippen LogP contribution >= 0.6 is 0 Å². The molecule has 21 heavy (non-hydrogen) atoms. The van der Waals surface area contributed by atoms with Crippen molar-refractivity contribution in [1.29, 1.82) is 0 Å². The van der Waals surface area contributed by atoms with Crippen molar-refractivity contribution in [2.45, 2.75) is 65.0 Å². The van der Waals surface area contributed by atoms with Crippen molar-refractivity contribution >= 4 is 0 Å². The van der Waals surface area contributed by atoms with Crippen LogP contribution in [0.1, 0.15) is 52.9 Å². The summed E-state index contributed by atoms with van der Waals surface area (Å²) in [5.74, 6) is 2.52. The Kier molecular flexibility index (Phi) is 6.97. The van der Waals surface area contributed by atoms with E-state index in [9.17, 15) is 0 Å². The molecule has 0 aromatic heterocycles. The van der Waals surface area contributed by atoms with Gasteiger partial charge in [-0.25, -0.2) is 0 Å². The summed E-state index contributed by atoms with van der Waals surface area (Å²) in [7, 11) is 2.33. The summed E-state index contributed by atoms with van der Waals surface area (Å²) in [6, 6.07) is 1.45. The van der Waals surface area contributed by atoms with E-state index in [1.165, 1.54) is 45.2 Å². The summed E-state index contributed by atoms with van der Waals surface area (Å²) in [5, 5.41) is 3.84. The standard InChI is InChI=1S/C18H36N2O/c1-5-8-19-18-12-14(2)11-15(3)17(18)13-20(4)16-6-9-21-10-7-16/h14-19H,5-13H2,1-4H3. The van der Waals surface area contributed by atoms with E-state index >= 15 is 0 Å². The fraction of sp³-hybridized carbons (Fsp3) is 1.00. The molecule has 2 fully saturated rings. The average Bonchev–Trinajstić information content (AvgIpc) is 2.48.